The first-order chi connectivity index (χ1) is 7.22. The molecule has 0 spiro atoms. The zero-order valence-corrected chi connectivity index (χ0v) is 9.55. The molecule has 1 aromatic rings. The first kappa shape index (κ1) is 10.5. The second-order valence-corrected chi connectivity index (χ2v) is 4.23. The zero-order chi connectivity index (χ0) is 10.8. The maximum Gasteiger partial charge on any atom is 0.227 e. The highest BCUT2D eigenvalue weighted by molar-refractivity contribution is 6.18. The highest BCUT2D eigenvalue weighted by atomic mass is 35.5. The molecular formula is C12H14ClNO. The number of hydrogen-bond donors (Lipinski definition) is 0. The molecule has 0 unspecified atom stereocenters. The molecule has 0 atom stereocenters. The summed E-state index contributed by atoms with van der Waals surface area (Å²) in [7, 11) is 1.83. The van der Waals surface area contributed by atoms with E-state index >= 15 is 0 Å². The summed E-state index contributed by atoms with van der Waals surface area (Å²) in [4.78, 5) is 13.2. The lowest BCUT2D eigenvalue weighted by atomic mass is 9.98. The van der Waals surface area contributed by atoms with Crippen molar-refractivity contribution in [1.82, 2.24) is 0 Å². The summed E-state index contributed by atoms with van der Waals surface area (Å²) in [5, 5.41) is 0. The summed E-state index contributed by atoms with van der Waals surface area (Å²) in [5.74, 6) is 0.848. The molecule has 1 aromatic carbocycles. The van der Waals surface area contributed by atoms with Crippen LogP contribution in [-0.2, 0) is 17.6 Å². The van der Waals surface area contributed by atoms with Crippen LogP contribution in [0.2, 0.25) is 0 Å². The van der Waals surface area contributed by atoms with Crippen molar-refractivity contribution in [3.63, 3.8) is 0 Å². The van der Waals surface area contributed by atoms with E-state index in [-0.39, 0.29) is 5.91 Å². The van der Waals surface area contributed by atoms with E-state index in [1.807, 2.05) is 13.1 Å². The molecular weight excluding hydrogens is 210 g/mol. The molecule has 1 aliphatic heterocycles. The maximum atomic E-state index is 11.5. The topological polar surface area (TPSA) is 20.3 Å². The molecule has 0 saturated heterocycles. The summed E-state index contributed by atoms with van der Waals surface area (Å²) in [6.45, 7) is 0. The van der Waals surface area contributed by atoms with Crippen LogP contribution in [0, 0.1) is 0 Å². The van der Waals surface area contributed by atoms with Crippen molar-refractivity contribution in [3.05, 3.63) is 29.3 Å². The molecule has 2 rings (SSSR count). The van der Waals surface area contributed by atoms with Gasteiger partial charge in [-0.05, 0) is 30.0 Å². The summed E-state index contributed by atoms with van der Waals surface area (Å²) in [6, 6.07) is 6.24. The predicted octanol–water partition coefficient (Wildman–Crippen LogP) is 2.38. The number of carbonyl (C=O) groups excluding carboxylic acids is 1. The van der Waals surface area contributed by atoms with E-state index in [1.54, 1.807) is 4.90 Å². The van der Waals surface area contributed by atoms with Crippen molar-refractivity contribution >= 4 is 23.2 Å². The van der Waals surface area contributed by atoms with Gasteiger partial charge < -0.3 is 4.90 Å². The number of carbonyl (C=O) groups is 1. The lowest BCUT2D eigenvalue weighted by Gasteiger charge is -2.26. The van der Waals surface area contributed by atoms with Crippen molar-refractivity contribution in [1.29, 1.82) is 0 Å². The molecule has 1 heterocycles. The van der Waals surface area contributed by atoms with Crippen LogP contribution >= 0.6 is 11.6 Å². The van der Waals surface area contributed by atoms with Crippen LogP contribution in [0.4, 0.5) is 5.69 Å². The number of alkyl halides is 1. The number of anilines is 1. The third-order valence-corrected chi connectivity index (χ3v) is 3.06. The molecule has 0 aromatic heterocycles. The number of benzene rings is 1. The fourth-order valence-corrected chi connectivity index (χ4v) is 2.19. The highest BCUT2D eigenvalue weighted by Crippen LogP contribution is 2.27. The second kappa shape index (κ2) is 4.23. The van der Waals surface area contributed by atoms with E-state index in [4.69, 9.17) is 11.6 Å². The van der Waals surface area contributed by atoms with Crippen LogP contribution in [-0.4, -0.2) is 18.8 Å². The number of fused-ring (bicyclic) bond motifs is 1. The number of rotatable bonds is 2. The van der Waals surface area contributed by atoms with Gasteiger partial charge in [0.25, 0.3) is 0 Å². The number of hydrogen-bond acceptors (Lipinski definition) is 1. The van der Waals surface area contributed by atoms with Gasteiger partial charge in [0.05, 0.1) is 0 Å². The Bertz CT molecular complexity index is 389. The summed E-state index contributed by atoms with van der Waals surface area (Å²) < 4.78 is 0. The Kier molecular flexibility index (Phi) is 2.96. The molecule has 0 N–H and O–H groups in total. The van der Waals surface area contributed by atoms with Gasteiger partial charge in [0.1, 0.15) is 0 Å². The fourth-order valence-electron chi connectivity index (χ4n) is 1.97. The van der Waals surface area contributed by atoms with Crippen molar-refractivity contribution < 1.29 is 4.79 Å². The number of aryl methyl sites for hydroxylation is 2. The van der Waals surface area contributed by atoms with E-state index in [9.17, 15) is 4.79 Å². The molecule has 0 radical (unpaired) electrons. The lowest BCUT2D eigenvalue weighted by molar-refractivity contribution is -0.118. The lowest BCUT2D eigenvalue weighted by Crippen LogP contribution is -2.31. The quantitative estimate of drug-likeness (QED) is 0.705. The molecule has 1 amide bonds. The second-order valence-electron chi connectivity index (χ2n) is 3.85. The third kappa shape index (κ3) is 2.00. The average Bonchev–Trinajstić information content (AvgIpc) is 2.24. The predicted molar refractivity (Wildman–Crippen MR) is 62.6 cm³/mol. The number of amides is 1. The van der Waals surface area contributed by atoms with Crippen LogP contribution in [0.3, 0.4) is 0 Å². The molecule has 1 aliphatic rings. The maximum absolute atomic E-state index is 11.5. The van der Waals surface area contributed by atoms with Crippen molar-refractivity contribution in [2.45, 2.75) is 19.3 Å². The van der Waals surface area contributed by atoms with Gasteiger partial charge in [0.15, 0.2) is 0 Å². The molecule has 80 valence electrons. The van der Waals surface area contributed by atoms with Gasteiger partial charge in [0, 0.05) is 25.0 Å². The minimum Gasteiger partial charge on any atom is -0.315 e. The molecule has 0 saturated carbocycles. The van der Waals surface area contributed by atoms with Gasteiger partial charge in [-0.3, -0.25) is 4.79 Å². The van der Waals surface area contributed by atoms with Gasteiger partial charge in [0.2, 0.25) is 5.91 Å². The SMILES string of the molecule is CN1C(=O)CCc2cc(CCCl)ccc21. The van der Waals surface area contributed by atoms with Crippen LogP contribution in [0.25, 0.3) is 0 Å². The van der Waals surface area contributed by atoms with E-state index in [0.717, 1.165) is 18.5 Å². The highest BCUT2D eigenvalue weighted by Gasteiger charge is 2.20. The van der Waals surface area contributed by atoms with Gasteiger partial charge in [-0.2, -0.15) is 0 Å². The Hall–Kier alpha value is -1.02. The molecule has 0 aliphatic carbocycles. The van der Waals surface area contributed by atoms with Gasteiger partial charge in [-0.25, -0.2) is 0 Å². The zero-order valence-electron chi connectivity index (χ0n) is 8.79. The molecule has 0 fully saturated rings. The van der Waals surface area contributed by atoms with E-state index < -0.39 is 0 Å². The Labute approximate surface area is 94.8 Å². The molecule has 15 heavy (non-hydrogen) atoms. The third-order valence-electron chi connectivity index (χ3n) is 2.87. The molecule has 0 bridgehead atoms. The Morgan fingerprint density at radius 1 is 1.40 bits per heavy atom. The van der Waals surface area contributed by atoms with E-state index in [2.05, 4.69) is 12.1 Å². The standard InChI is InChI=1S/C12H14ClNO/c1-14-11-4-2-9(6-7-13)8-10(11)3-5-12(14)15/h2,4,8H,3,5-7H2,1H3. The number of halogens is 1. The van der Waals surface area contributed by atoms with Crippen LogP contribution in [0.1, 0.15) is 17.5 Å². The average molecular weight is 224 g/mol. The fraction of sp³-hybridized carbons (Fsp3) is 0.417. The Balaban J connectivity index is 2.34. The summed E-state index contributed by atoms with van der Waals surface area (Å²) >= 11 is 5.71. The monoisotopic (exact) mass is 223 g/mol. The minimum atomic E-state index is 0.201. The van der Waals surface area contributed by atoms with Gasteiger partial charge in [-0.1, -0.05) is 12.1 Å². The first-order valence-electron chi connectivity index (χ1n) is 5.16. The van der Waals surface area contributed by atoms with Gasteiger partial charge >= 0.3 is 0 Å². The van der Waals surface area contributed by atoms with Crippen molar-refractivity contribution in [2.75, 3.05) is 17.8 Å². The van der Waals surface area contributed by atoms with Crippen molar-refractivity contribution in [2.24, 2.45) is 0 Å². The van der Waals surface area contributed by atoms with Gasteiger partial charge in [-0.15, -0.1) is 11.6 Å². The van der Waals surface area contributed by atoms with Crippen LogP contribution in [0.15, 0.2) is 18.2 Å². The van der Waals surface area contributed by atoms with Crippen LogP contribution < -0.4 is 4.90 Å². The van der Waals surface area contributed by atoms with Crippen LogP contribution in [0.5, 0.6) is 0 Å². The minimum absolute atomic E-state index is 0.201. The summed E-state index contributed by atoms with van der Waals surface area (Å²) in [6.07, 6.45) is 2.37. The summed E-state index contributed by atoms with van der Waals surface area (Å²) in [5.41, 5.74) is 3.57. The Morgan fingerprint density at radius 3 is 2.93 bits per heavy atom. The Morgan fingerprint density at radius 2 is 2.20 bits per heavy atom. The normalized spacial score (nSPS) is 15.3. The molecule has 3 heteroatoms. The largest absolute Gasteiger partial charge is 0.315 e. The first-order valence-corrected chi connectivity index (χ1v) is 5.70. The van der Waals surface area contributed by atoms with E-state index in [1.165, 1.54) is 11.1 Å². The molecule has 2 nitrogen and oxygen atoms in total. The smallest absolute Gasteiger partial charge is 0.227 e. The number of nitrogens with zero attached hydrogens (tertiary/aromatic N) is 1. The van der Waals surface area contributed by atoms with E-state index in [0.29, 0.717) is 12.3 Å². The van der Waals surface area contributed by atoms with Crippen molar-refractivity contribution in [3.8, 4) is 0 Å².